The summed E-state index contributed by atoms with van der Waals surface area (Å²) in [7, 11) is 0. The van der Waals surface area contributed by atoms with Crippen LogP contribution >= 0.6 is 11.6 Å². The summed E-state index contributed by atoms with van der Waals surface area (Å²) in [6.45, 7) is 0. The zero-order valence-corrected chi connectivity index (χ0v) is 13.5. The lowest BCUT2D eigenvalue weighted by atomic mass is 10.1. The number of hydrogen-bond donors (Lipinski definition) is 1. The number of hydrogen-bond acceptors (Lipinski definition) is 3. The van der Waals surface area contributed by atoms with Gasteiger partial charge in [-0.15, -0.1) is 0 Å². The predicted octanol–water partition coefficient (Wildman–Crippen LogP) is 5.07. The van der Waals surface area contributed by atoms with Crippen molar-refractivity contribution >= 4 is 28.8 Å². The van der Waals surface area contributed by atoms with Gasteiger partial charge < -0.3 is 5.32 Å². The van der Waals surface area contributed by atoms with Crippen molar-refractivity contribution in [3.05, 3.63) is 77.7 Å². The minimum absolute atomic E-state index is 0.410. The topological polar surface area (TPSA) is 42.2 Å². The number of anilines is 2. The second-order valence-corrected chi connectivity index (χ2v) is 5.81. The van der Waals surface area contributed by atoms with Crippen LogP contribution in [0.15, 0.2) is 61.1 Å². The van der Waals surface area contributed by atoms with Crippen LogP contribution in [-0.2, 0) is 0 Å². The Balaban J connectivity index is 1.87. The molecule has 4 aromatic rings. The summed E-state index contributed by atoms with van der Waals surface area (Å²) in [5.74, 6) is -1.20. The van der Waals surface area contributed by atoms with E-state index in [1.807, 2.05) is 12.1 Å². The molecule has 0 bridgehead atoms. The summed E-state index contributed by atoms with van der Waals surface area (Å²) in [5, 5.41) is 3.72. The number of aromatic nitrogens is 3. The first-order chi connectivity index (χ1) is 12.1. The van der Waals surface area contributed by atoms with E-state index in [1.54, 1.807) is 35.1 Å². The van der Waals surface area contributed by atoms with Gasteiger partial charge in [0.1, 0.15) is 11.5 Å². The fourth-order valence-corrected chi connectivity index (χ4v) is 2.67. The first kappa shape index (κ1) is 15.5. The predicted molar refractivity (Wildman–Crippen MR) is 93.1 cm³/mol. The number of nitrogens with zero attached hydrogens (tertiary/aromatic N) is 3. The molecule has 0 aliphatic heterocycles. The molecule has 1 N–H and O–H groups in total. The summed E-state index contributed by atoms with van der Waals surface area (Å²) < 4.78 is 28.5. The van der Waals surface area contributed by atoms with Crippen molar-refractivity contribution in [1.29, 1.82) is 0 Å². The number of halogens is 3. The van der Waals surface area contributed by atoms with Crippen molar-refractivity contribution in [3.63, 3.8) is 0 Å². The molecule has 124 valence electrons. The molecular formula is C18H11ClF2N4. The fraction of sp³-hybridized carbons (Fsp3) is 0. The second kappa shape index (κ2) is 6.14. The highest BCUT2D eigenvalue weighted by atomic mass is 35.5. The number of nitrogens with one attached hydrogen (secondary N) is 1. The van der Waals surface area contributed by atoms with Crippen molar-refractivity contribution in [2.75, 3.05) is 5.32 Å². The zero-order chi connectivity index (χ0) is 17.4. The summed E-state index contributed by atoms with van der Waals surface area (Å²) in [6, 6.07) is 10.8. The van der Waals surface area contributed by atoms with Crippen molar-refractivity contribution in [2.45, 2.75) is 0 Å². The molecule has 25 heavy (non-hydrogen) atoms. The Labute approximate surface area is 146 Å². The van der Waals surface area contributed by atoms with E-state index < -0.39 is 11.6 Å². The third kappa shape index (κ3) is 2.92. The molecule has 0 saturated carbocycles. The van der Waals surface area contributed by atoms with E-state index in [9.17, 15) is 8.78 Å². The van der Waals surface area contributed by atoms with E-state index in [4.69, 9.17) is 11.6 Å². The van der Waals surface area contributed by atoms with Gasteiger partial charge in [-0.2, -0.15) is 0 Å². The van der Waals surface area contributed by atoms with Gasteiger partial charge in [0.15, 0.2) is 17.3 Å². The van der Waals surface area contributed by atoms with Crippen LogP contribution in [0.25, 0.3) is 16.9 Å². The maximum atomic E-state index is 13.5. The van der Waals surface area contributed by atoms with Crippen LogP contribution in [0.1, 0.15) is 0 Å². The fourth-order valence-electron chi connectivity index (χ4n) is 2.55. The van der Waals surface area contributed by atoms with Crippen LogP contribution in [0.2, 0.25) is 5.02 Å². The standard InChI is InChI=1S/C18H11ClF2N4/c19-12-3-1-11(2-4-12)17-18(25-8-7-22-10-16(25)24-17)23-13-5-6-14(20)15(21)9-13/h1-10,23H. The van der Waals surface area contributed by atoms with Crippen molar-refractivity contribution in [2.24, 2.45) is 0 Å². The molecule has 0 atom stereocenters. The molecule has 4 nitrogen and oxygen atoms in total. The van der Waals surface area contributed by atoms with Gasteiger partial charge >= 0.3 is 0 Å². The summed E-state index contributed by atoms with van der Waals surface area (Å²) in [5.41, 5.74) is 2.51. The van der Waals surface area contributed by atoms with E-state index in [0.29, 0.717) is 27.9 Å². The van der Waals surface area contributed by atoms with Gasteiger partial charge in [0.25, 0.3) is 0 Å². The van der Waals surface area contributed by atoms with Gasteiger partial charge in [0.05, 0.1) is 6.20 Å². The molecule has 0 radical (unpaired) electrons. The molecule has 0 aliphatic rings. The highest BCUT2D eigenvalue weighted by Crippen LogP contribution is 2.31. The Morgan fingerprint density at radius 1 is 1.00 bits per heavy atom. The monoisotopic (exact) mass is 356 g/mol. The summed E-state index contributed by atoms with van der Waals surface area (Å²) >= 11 is 5.95. The number of fused-ring (bicyclic) bond motifs is 1. The maximum Gasteiger partial charge on any atom is 0.160 e. The van der Waals surface area contributed by atoms with Crippen molar-refractivity contribution in [3.8, 4) is 11.3 Å². The zero-order valence-electron chi connectivity index (χ0n) is 12.7. The van der Waals surface area contributed by atoms with E-state index in [-0.39, 0.29) is 0 Å². The molecule has 0 fully saturated rings. The summed E-state index contributed by atoms with van der Waals surface area (Å²) in [6.07, 6.45) is 4.98. The van der Waals surface area contributed by atoms with Crippen LogP contribution < -0.4 is 5.32 Å². The smallest absolute Gasteiger partial charge is 0.160 e. The third-order valence-electron chi connectivity index (χ3n) is 3.73. The maximum absolute atomic E-state index is 13.5. The highest BCUT2D eigenvalue weighted by Gasteiger charge is 2.15. The quantitative estimate of drug-likeness (QED) is 0.557. The lowest BCUT2D eigenvalue weighted by Gasteiger charge is -2.09. The normalized spacial score (nSPS) is 11.0. The SMILES string of the molecule is Fc1ccc(Nc2c(-c3ccc(Cl)cc3)nc3cnccn23)cc1F. The van der Waals surface area contributed by atoms with E-state index in [1.165, 1.54) is 6.07 Å². The third-order valence-corrected chi connectivity index (χ3v) is 3.98. The molecule has 0 saturated heterocycles. The largest absolute Gasteiger partial charge is 0.339 e. The van der Waals surface area contributed by atoms with Gasteiger partial charge in [-0.05, 0) is 24.3 Å². The Hall–Kier alpha value is -2.99. The van der Waals surface area contributed by atoms with E-state index in [0.717, 1.165) is 17.7 Å². The van der Waals surface area contributed by atoms with Gasteiger partial charge in [-0.3, -0.25) is 9.38 Å². The molecule has 2 aromatic heterocycles. The van der Waals surface area contributed by atoms with E-state index >= 15 is 0 Å². The van der Waals surface area contributed by atoms with Gasteiger partial charge in [-0.1, -0.05) is 23.7 Å². The van der Waals surface area contributed by atoms with Crippen LogP contribution in [0, 0.1) is 11.6 Å². The molecule has 2 aromatic carbocycles. The molecule has 0 spiro atoms. The molecule has 0 amide bonds. The Bertz CT molecular complexity index is 1060. The molecule has 7 heteroatoms. The van der Waals surface area contributed by atoms with E-state index in [2.05, 4.69) is 15.3 Å². The van der Waals surface area contributed by atoms with Crippen LogP contribution in [0.4, 0.5) is 20.3 Å². The Kier molecular flexibility index (Phi) is 3.82. The van der Waals surface area contributed by atoms with Gasteiger partial charge in [-0.25, -0.2) is 13.8 Å². The molecular weight excluding hydrogens is 346 g/mol. The summed E-state index contributed by atoms with van der Waals surface area (Å²) in [4.78, 5) is 8.64. The Morgan fingerprint density at radius 2 is 1.80 bits per heavy atom. The molecule has 0 unspecified atom stereocenters. The second-order valence-electron chi connectivity index (χ2n) is 5.37. The lowest BCUT2D eigenvalue weighted by Crippen LogP contribution is -1.98. The van der Waals surface area contributed by atoms with Crippen molar-refractivity contribution < 1.29 is 8.78 Å². The van der Waals surface area contributed by atoms with Crippen LogP contribution in [0.3, 0.4) is 0 Å². The first-order valence-electron chi connectivity index (χ1n) is 7.42. The molecule has 2 heterocycles. The minimum atomic E-state index is -0.923. The average Bonchev–Trinajstić information content (AvgIpc) is 2.97. The first-order valence-corrected chi connectivity index (χ1v) is 7.80. The molecule has 0 aliphatic carbocycles. The lowest BCUT2D eigenvalue weighted by molar-refractivity contribution is 0.509. The number of imidazole rings is 1. The minimum Gasteiger partial charge on any atom is -0.339 e. The molecule has 4 rings (SSSR count). The average molecular weight is 357 g/mol. The number of benzene rings is 2. The van der Waals surface area contributed by atoms with Crippen molar-refractivity contribution in [1.82, 2.24) is 14.4 Å². The Morgan fingerprint density at radius 3 is 2.56 bits per heavy atom. The van der Waals surface area contributed by atoms with Crippen LogP contribution in [0.5, 0.6) is 0 Å². The van der Waals surface area contributed by atoms with Gasteiger partial charge in [0, 0.05) is 34.7 Å². The van der Waals surface area contributed by atoms with Gasteiger partial charge in [0.2, 0.25) is 0 Å². The number of rotatable bonds is 3. The highest BCUT2D eigenvalue weighted by molar-refractivity contribution is 6.30. The van der Waals surface area contributed by atoms with Crippen LogP contribution in [-0.4, -0.2) is 14.4 Å².